The van der Waals surface area contributed by atoms with E-state index in [0.717, 1.165) is 5.56 Å². The van der Waals surface area contributed by atoms with Gasteiger partial charge >= 0.3 is 0 Å². The van der Waals surface area contributed by atoms with E-state index in [9.17, 15) is 4.79 Å². The zero-order chi connectivity index (χ0) is 17.5. The van der Waals surface area contributed by atoms with Crippen LogP contribution >= 0.6 is 11.8 Å². The molecule has 0 saturated carbocycles. The molecule has 1 heterocycles. The Labute approximate surface area is 150 Å². The van der Waals surface area contributed by atoms with Crippen molar-refractivity contribution in [1.29, 1.82) is 0 Å². The molecule has 3 aromatic rings. The lowest BCUT2D eigenvalue weighted by atomic mass is 10.2. The molecule has 0 saturated heterocycles. The molecule has 1 aromatic heterocycles. The van der Waals surface area contributed by atoms with Gasteiger partial charge in [0.1, 0.15) is 5.75 Å². The number of amides is 1. The van der Waals surface area contributed by atoms with Gasteiger partial charge in [0.2, 0.25) is 11.1 Å². The fraction of sp³-hybridized carbons (Fsp3) is 0.167. The number of aromatic nitrogens is 3. The van der Waals surface area contributed by atoms with E-state index in [1.54, 1.807) is 0 Å². The normalized spacial score (nSPS) is 10.4. The first kappa shape index (κ1) is 17.0. The molecule has 0 radical (unpaired) electrons. The number of para-hydroxylation sites is 2. The van der Waals surface area contributed by atoms with E-state index < -0.39 is 0 Å². The first-order chi connectivity index (χ1) is 12.3. The summed E-state index contributed by atoms with van der Waals surface area (Å²) in [6.45, 7) is 2.45. The molecule has 2 N–H and O–H groups in total. The standard InChI is InChI=1S/C18H18N4O2S/c1-2-24-15-11-7-6-10-14(15)19-16(23)12-25-18-20-17(21-22-18)13-8-4-3-5-9-13/h3-11H,2,12H2,1H3,(H,19,23)(H,20,21,22). The van der Waals surface area contributed by atoms with Crippen LogP contribution in [0.3, 0.4) is 0 Å². The second-order valence-corrected chi connectivity index (χ2v) is 6.04. The fourth-order valence-corrected chi connectivity index (χ4v) is 2.80. The van der Waals surface area contributed by atoms with Gasteiger partial charge in [-0.1, -0.05) is 54.2 Å². The van der Waals surface area contributed by atoms with Gasteiger partial charge in [0.15, 0.2) is 5.82 Å². The maximum Gasteiger partial charge on any atom is 0.234 e. The molecule has 0 aliphatic heterocycles. The number of aromatic amines is 1. The highest BCUT2D eigenvalue weighted by molar-refractivity contribution is 7.99. The van der Waals surface area contributed by atoms with E-state index in [4.69, 9.17) is 4.74 Å². The van der Waals surface area contributed by atoms with Crippen molar-refractivity contribution in [2.45, 2.75) is 12.1 Å². The minimum absolute atomic E-state index is 0.136. The topological polar surface area (TPSA) is 79.9 Å². The molecule has 0 fully saturated rings. The van der Waals surface area contributed by atoms with E-state index >= 15 is 0 Å². The highest BCUT2D eigenvalue weighted by atomic mass is 32.2. The Morgan fingerprint density at radius 2 is 1.92 bits per heavy atom. The Balaban J connectivity index is 1.57. The summed E-state index contributed by atoms with van der Waals surface area (Å²) in [5.74, 6) is 1.42. The van der Waals surface area contributed by atoms with Crippen molar-refractivity contribution in [3.63, 3.8) is 0 Å². The maximum atomic E-state index is 12.2. The number of benzene rings is 2. The average Bonchev–Trinajstić information content (AvgIpc) is 3.12. The van der Waals surface area contributed by atoms with Gasteiger partial charge in [-0.15, -0.1) is 5.10 Å². The van der Waals surface area contributed by atoms with Crippen LogP contribution in [0.4, 0.5) is 5.69 Å². The quantitative estimate of drug-likeness (QED) is 0.634. The molecule has 0 aliphatic carbocycles. The van der Waals surface area contributed by atoms with Crippen LogP contribution in [0.5, 0.6) is 5.75 Å². The zero-order valence-electron chi connectivity index (χ0n) is 13.7. The van der Waals surface area contributed by atoms with Crippen LogP contribution in [-0.4, -0.2) is 33.4 Å². The predicted molar refractivity (Wildman–Crippen MR) is 98.8 cm³/mol. The number of thioether (sulfide) groups is 1. The van der Waals surface area contributed by atoms with Crippen molar-refractivity contribution >= 4 is 23.4 Å². The number of hydrogen-bond acceptors (Lipinski definition) is 5. The molecule has 2 aromatic carbocycles. The predicted octanol–water partition coefficient (Wildman–Crippen LogP) is 3.60. The maximum absolute atomic E-state index is 12.2. The Bertz CT molecular complexity index is 836. The first-order valence-corrected chi connectivity index (χ1v) is 8.87. The van der Waals surface area contributed by atoms with Gasteiger partial charge in [0.25, 0.3) is 0 Å². The Morgan fingerprint density at radius 3 is 2.72 bits per heavy atom. The number of rotatable bonds is 7. The number of hydrogen-bond donors (Lipinski definition) is 2. The number of carbonyl (C=O) groups excluding carboxylic acids is 1. The lowest BCUT2D eigenvalue weighted by Gasteiger charge is -2.10. The molecule has 0 atom stereocenters. The molecule has 1 amide bonds. The van der Waals surface area contributed by atoms with Crippen molar-refractivity contribution < 1.29 is 9.53 Å². The Morgan fingerprint density at radius 1 is 1.16 bits per heavy atom. The number of nitrogens with zero attached hydrogens (tertiary/aromatic N) is 2. The molecule has 0 bridgehead atoms. The molecule has 0 unspecified atom stereocenters. The lowest BCUT2D eigenvalue weighted by molar-refractivity contribution is -0.113. The van der Waals surface area contributed by atoms with E-state index in [0.29, 0.717) is 29.0 Å². The largest absolute Gasteiger partial charge is 0.492 e. The molecule has 7 heteroatoms. The van der Waals surface area contributed by atoms with Crippen LogP contribution in [0.25, 0.3) is 11.4 Å². The Hall–Kier alpha value is -2.80. The highest BCUT2D eigenvalue weighted by Crippen LogP contribution is 2.24. The number of nitrogens with one attached hydrogen (secondary N) is 2. The number of H-pyrrole nitrogens is 1. The summed E-state index contributed by atoms with van der Waals surface area (Å²) < 4.78 is 5.50. The summed E-state index contributed by atoms with van der Waals surface area (Å²) in [7, 11) is 0. The van der Waals surface area contributed by atoms with Gasteiger partial charge in [-0.05, 0) is 19.1 Å². The lowest BCUT2D eigenvalue weighted by Crippen LogP contribution is -2.15. The van der Waals surface area contributed by atoms with Gasteiger partial charge in [-0.3, -0.25) is 9.89 Å². The van der Waals surface area contributed by atoms with Gasteiger partial charge in [-0.25, -0.2) is 4.98 Å². The van der Waals surface area contributed by atoms with Gasteiger partial charge in [-0.2, -0.15) is 0 Å². The average molecular weight is 354 g/mol. The zero-order valence-corrected chi connectivity index (χ0v) is 14.5. The van der Waals surface area contributed by atoms with Crippen molar-refractivity contribution in [1.82, 2.24) is 15.2 Å². The molecule has 25 heavy (non-hydrogen) atoms. The monoisotopic (exact) mass is 354 g/mol. The van der Waals surface area contributed by atoms with Crippen LogP contribution in [0.15, 0.2) is 59.8 Å². The third kappa shape index (κ3) is 4.60. The smallest absolute Gasteiger partial charge is 0.234 e. The highest BCUT2D eigenvalue weighted by Gasteiger charge is 2.11. The Kier molecular flexibility index (Phi) is 5.69. The number of ether oxygens (including phenoxy) is 1. The van der Waals surface area contributed by atoms with E-state index in [1.807, 2.05) is 61.5 Å². The molecule has 6 nitrogen and oxygen atoms in total. The van der Waals surface area contributed by atoms with E-state index in [2.05, 4.69) is 20.5 Å². The molecule has 0 aliphatic rings. The van der Waals surface area contributed by atoms with Crippen molar-refractivity contribution in [2.75, 3.05) is 17.7 Å². The van der Waals surface area contributed by atoms with Crippen molar-refractivity contribution in [2.24, 2.45) is 0 Å². The molecular formula is C18H18N4O2S. The first-order valence-electron chi connectivity index (χ1n) is 7.88. The number of anilines is 1. The summed E-state index contributed by atoms with van der Waals surface area (Å²) in [4.78, 5) is 16.6. The summed E-state index contributed by atoms with van der Waals surface area (Å²) in [6.07, 6.45) is 0. The van der Waals surface area contributed by atoms with Crippen LogP contribution in [-0.2, 0) is 4.79 Å². The minimum Gasteiger partial charge on any atom is -0.492 e. The molecular weight excluding hydrogens is 336 g/mol. The summed E-state index contributed by atoms with van der Waals surface area (Å²) >= 11 is 1.28. The van der Waals surface area contributed by atoms with Crippen LogP contribution in [0.2, 0.25) is 0 Å². The minimum atomic E-state index is -0.136. The van der Waals surface area contributed by atoms with Crippen LogP contribution in [0.1, 0.15) is 6.92 Å². The molecule has 0 spiro atoms. The van der Waals surface area contributed by atoms with Crippen molar-refractivity contribution in [3.8, 4) is 17.1 Å². The van der Waals surface area contributed by atoms with Crippen LogP contribution < -0.4 is 10.1 Å². The third-order valence-electron chi connectivity index (χ3n) is 3.31. The second-order valence-electron chi connectivity index (χ2n) is 5.10. The van der Waals surface area contributed by atoms with Gasteiger partial charge < -0.3 is 10.1 Å². The number of carbonyl (C=O) groups is 1. The van der Waals surface area contributed by atoms with E-state index in [-0.39, 0.29) is 11.7 Å². The van der Waals surface area contributed by atoms with Gasteiger partial charge in [0.05, 0.1) is 18.0 Å². The fourth-order valence-electron chi connectivity index (χ4n) is 2.20. The van der Waals surface area contributed by atoms with E-state index in [1.165, 1.54) is 11.8 Å². The SMILES string of the molecule is CCOc1ccccc1NC(=O)CSc1n[nH]c(-c2ccccc2)n1. The van der Waals surface area contributed by atoms with Crippen LogP contribution in [0, 0.1) is 0 Å². The van der Waals surface area contributed by atoms with Crippen molar-refractivity contribution in [3.05, 3.63) is 54.6 Å². The molecule has 3 rings (SSSR count). The van der Waals surface area contributed by atoms with Gasteiger partial charge in [0, 0.05) is 5.56 Å². The third-order valence-corrected chi connectivity index (χ3v) is 4.15. The molecule has 128 valence electrons. The second kappa shape index (κ2) is 8.34. The summed E-state index contributed by atoms with van der Waals surface area (Å²) in [5.41, 5.74) is 1.62. The summed E-state index contributed by atoms with van der Waals surface area (Å²) in [5, 5.41) is 10.4. The summed E-state index contributed by atoms with van der Waals surface area (Å²) in [6, 6.07) is 17.1.